The summed E-state index contributed by atoms with van der Waals surface area (Å²) in [5.41, 5.74) is 0. The first kappa shape index (κ1) is 16.1. The van der Waals surface area contributed by atoms with Gasteiger partial charge in [-0.2, -0.15) is 0 Å². The summed E-state index contributed by atoms with van der Waals surface area (Å²) >= 11 is 1.70. The predicted octanol–water partition coefficient (Wildman–Crippen LogP) is 1.81. The van der Waals surface area contributed by atoms with Gasteiger partial charge >= 0.3 is 0 Å². The SMILES string of the molecule is CC(C)(C)SCC(=O)N[C@@H]1CCCNC1.Cl. The second-order valence-electron chi connectivity index (χ2n) is 5.01. The van der Waals surface area contributed by atoms with Gasteiger partial charge in [-0.25, -0.2) is 0 Å². The van der Waals surface area contributed by atoms with Crippen LogP contribution < -0.4 is 10.6 Å². The molecule has 0 bridgehead atoms. The van der Waals surface area contributed by atoms with Crippen LogP contribution in [0.2, 0.25) is 0 Å². The lowest BCUT2D eigenvalue weighted by Gasteiger charge is -2.24. The monoisotopic (exact) mass is 266 g/mol. The molecule has 1 fully saturated rings. The zero-order valence-electron chi connectivity index (χ0n) is 10.3. The van der Waals surface area contributed by atoms with Crippen LogP contribution in [-0.2, 0) is 4.79 Å². The van der Waals surface area contributed by atoms with Gasteiger partial charge in [0.25, 0.3) is 0 Å². The van der Waals surface area contributed by atoms with E-state index in [0.29, 0.717) is 11.8 Å². The van der Waals surface area contributed by atoms with Gasteiger partial charge in [0.1, 0.15) is 0 Å². The van der Waals surface area contributed by atoms with Gasteiger partial charge in [-0.15, -0.1) is 24.2 Å². The number of halogens is 1. The molecule has 1 rings (SSSR count). The maximum atomic E-state index is 11.6. The average molecular weight is 267 g/mol. The minimum atomic E-state index is 0. The van der Waals surface area contributed by atoms with Crippen molar-refractivity contribution in [2.45, 2.75) is 44.4 Å². The lowest BCUT2D eigenvalue weighted by atomic mass is 10.1. The topological polar surface area (TPSA) is 41.1 Å². The van der Waals surface area contributed by atoms with Gasteiger partial charge in [-0.3, -0.25) is 4.79 Å². The minimum absolute atomic E-state index is 0. The standard InChI is InChI=1S/C11H22N2OS.ClH/c1-11(2,3)15-8-10(14)13-9-5-4-6-12-7-9;/h9,12H,4-8H2,1-3H3,(H,13,14);1H/t9-;/m1./s1. The average Bonchev–Trinajstić information content (AvgIpc) is 2.15. The van der Waals surface area contributed by atoms with Gasteiger partial charge in [-0.1, -0.05) is 20.8 Å². The molecule has 0 spiro atoms. The fourth-order valence-electron chi connectivity index (χ4n) is 1.53. The molecule has 0 aliphatic carbocycles. The number of piperidine rings is 1. The van der Waals surface area contributed by atoms with E-state index in [1.54, 1.807) is 11.8 Å². The molecule has 1 saturated heterocycles. The molecule has 1 aliphatic heterocycles. The molecule has 0 aromatic heterocycles. The summed E-state index contributed by atoms with van der Waals surface area (Å²) in [6.07, 6.45) is 2.27. The Morgan fingerprint density at radius 1 is 1.50 bits per heavy atom. The Morgan fingerprint density at radius 3 is 2.69 bits per heavy atom. The quantitative estimate of drug-likeness (QED) is 0.819. The fraction of sp³-hybridized carbons (Fsp3) is 0.909. The zero-order chi connectivity index (χ0) is 11.3. The molecule has 96 valence electrons. The molecule has 1 amide bonds. The van der Waals surface area contributed by atoms with Gasteiger partial charge in [-0.05, 0) is 19.4 Å². The summed E-state index contributed by atoms with van der Waals surface area (Å²) in [5, 5.41) is 6.36. The largest absolute Gasteiger partial charge is 0.351 e. The molecule has 2 N–H and O–H groups in total. The maximum absolute atomic E-state index is 11.6. The molecule has 5 heteroatoms. The Kier molecular flexibility index (Phi) is 7.44. The highest BCUT2D eigenvalue weighted by atomic mass is 35.5. The molecule has 1 atom stereocenters. The van der Waals surface area contributed by atoms with Crippen LogP contribution in [0.5, 0.6) is 0 Å². The van der Waals surface area contributed by atoms with Crippen LogP contribution in [0, 0.1) is 0 Å². The third-order valence-electron chi connectivity index (χ3n) is 2.30. The first-order valence-corrected chi connectivity index (χ1v) is 6.60. The van der Waals surface area contributed by atoms with E-state index in [9.17, 15) is 4.79 Å². The third kappa shape index (κ3) is 7.36. The Bertz CT molecular complexity index is 213. The van der Waals surface area contributed by atoms with Crippen molar-refractivity contribution in [3.05, 3.63) is 0 Å². The molecule has 1 heterocycles. The molecule has 0 unspecified atom stereocenters. The van der Waals surface area contributed by atoms with Crippen molar-refractivity contribution in [2.75, 3.05) is 18.8 Å². The van der Waals surface area contributed by atoms with Gasteiger partial charge in [0.15, 0.2) is 0 Å². The number of carbonyl (C=O) groups excluding carboxylic acids is 1. The summed E-state index contributed by atoms with van der Waals surface area (Å²) in [5.74, 6) is 0.739. The van der Waals surface area contributed by atoms with Crippen LogP contribution in [0.4, 0.5) is 0 Å². The number of rotatable bonds is 3. The summed E-state index contributed by atoms with van der Waals surface area (Å²) in [6, 6.07) is 0.340. The Labute approximate surface area is 109 Å². The van der Waals surface area contributed by atoms with E-state index in [2.05, 4.69) is 31.4 Å². The van der Waals surface area contributed by atoms with Gasteiger partial charge in [0.05, 0.1) is 5.75 Å². The lowest BCUT2D eigenvalue weighted by Crippen LogP contribution is -2.46. The van der Waals surface area contributed by atoms with Gasteiger partial charge in [0, 0.05) is 17.3 Å². The highest BCUT2D eigenvalue weighted by molar-refractivity contribution is 8.01. The number of amides is 1. The van der Waals surface area contributed by atoms with E-state index < -0.39 is 0 Å². The first-order valence-electron chi connectivity index (χ1n) is 5.61. The second-order valence-corrected chi connectivity index (χ2v) is 6.81. The summed E-state index contributed by atoms with van der Waals surface area (Å²) < 4.78 is 0.169. The van der Waals surface area contributed by atoms with E-state index in [1.807, 2.05) is 0 Å². The van der Waals surface area contributed by atoms with Crippen LogP contribution >= 0.6 is 24.2 Å². The van der Waals surface area contributed by atoms with E-state index >= 15 is 0 Å². The highest BCUT2D eigenvalue weighted by Crippen LogP contribution is 2.22. The summed E-state index contributed by atoms with van der Waals surface area (Å²) in [6.45, 7) is 8.41. The molecule has 16 heavy (non-hydrogen) atoms. The van der Waals surface area contributed by atoms with Crippen LogP contribution in [0.15, 0.2) is 0 Å². The van der Waals surface area contributed by atoms with Crippen molar-refractivity contribution in [1.82, 2.24) is 10.6 Å². The summed E-state index contributed by atoms with van der Waals surface area (Å²) in [7, 11) is 0. The lowest BCUT2D eigenvalue weighted by molar-refractivity contribution is -0.119. The van der Waals surface area contributed by atoms with Crippen molar-refractivity contribution in [2.24, 2.45) is 0 Å². The van der Waals surface area contributed by atoms with Crippen molar-refractivity contribution in [1.29, 1.82) is 0 Å². The molecule has 0 saturated carbocycles. The molecule has 0 aromatic rings. The van der Waals surface area contributed by atoms with Crippen LogP contribution in [-0.4, -0.2) is 35.5 Å². The highest BCUT2D eigenvalue weighted by Gasteiger charge is 2.17. The van der Waals surface area contributed by atoms with Crippen molar-refractivity contribution >= 4 is 30.1 Å². The van der Waals surface area contributed by atoms with Crippen molar-refractivity contribution in [3.8, 4) is 0 Å². The van der Waals surface area contributed by atoms with E-state index in [4.69, 9.17) is 0 Å². The van der Waals surface area contributed by atoms with Crippen LogP contribution in [0.1, 0.15) is 33.6 Å². The summed E-state index contributed by atoms with van der Waals surface area (Å²) in [4.78, 5) is 11.6. The van der Waals surface area contributed by atoms with E-state index in [-0.39, 0.29) is 23.1 Å². The van der Waals surface area contributed by atoms with Crippen molar-refractivity contribution < 1.29 is 4.79 Å². The van der Waals surface area contributed by atoms with Gasteiger partial charge < -0.3 is 10.6 Å². The van der Waals surface area contributed by atoms with E-state index in [0.717, 1.165) is 25.9 Å². The normalized spacial score (nSPS) is 21.1. The molecular formula is C11H23ClN2OS. The van der Waals surface area contributed by atoms with Crippen LogP contribution in [0.3, 0.4) is 0 Å². The minimum Gasteiger partial charge on any atom is -0.351 e. The number of hydrogen-bond donors (Lipinski definition) is 2. The Morgan fingerprint density at radius 2 is 2.19 bits per heavy atom. The number of nitrogens with one attached hydrogen (secondary N) is 2. The predicted molar refractivity (Wildman–Crippen MR) is 73.5 cm³/mol. The maximum Gasteiger partial charge on any atom is 0.230 e. The van der Waals surface area contributed by atoms with Crippen LogP contribution in [0.25, 0.3) is 0 Å². The first-order chi connectivity index (χ1) is 6.97. The third-order valence-corrected chi connectivity index (χ3v) is 3.57. The number of carbonyl (C=O) groups is 1. The fourth-order valence-corrected chi connectivity index (χ4v) is 2.17. The molecular weight excluding hydrogens is 244 g/mol. The van der Waals surface area contributed by atoms with Crippen molar-refractivity contribution in [3.63, 3.8) is 0 Å². The molecule has 0 radical (unpaired) electrons. The Hall–Kier alpha value is 0.0700. The number of hydrogen-bond acceptors (Lipinski definition) is 3. The smallest absolute Gasteiger partial charge is 0.230 e. The molecule has 0 aromatic carbocycles. The number of thioether (sulfide) groups is 1. The zero-order valence-corrected chi connectivity index (χ0v) is 12.0. The second kappa shape index (κ2) is 7.41. The molecule has 1 aliphatic rings. The van der Waals surface area contributed by atoms with Gasteiger partial charge in [0.2, 0.25) is 5.91 Å². The van der Waals surface area contributed by atoms with E-state index in [1.165, 1.54) is 0 Å². The molecule has 3 nitrogen and oxygen atoms in total. The Balaban J connectivity index is 0.00000225.